The second kappa shape index (κ2) is 21.7. The zero-order chi connectivity index (χ0) is 71.9. The number of furan rings is 4. The number of rotatable bonds is 8. The maximum absolute atomic E-state index is 12.2. The van der Waals surface area contributed by atoms with Crippen LogP contribution in [0.25, 0.3) is 134 Å². The first-order valence-corrected chi connectivity index (χ1v) is 53.4. The van der Waals surface area contributed by atoms with Gasteiger partial charge in [0.2, 0.25) is 0 Å². The van der Waals surface area contributed by atoms with Gasteiger partial charge < -0.3 is 0 Å². The van der Waals surface area contributed by atoms with Crippen molar-refractivity contribution in [3.05, 3.63) is 382 Å². The number of allylic oxidation sites excluding steroid dienone is 4. The molecule has 4 atom stereocenters. The molecule has 514 valence electrons. The van der Waals surface area contributed by atoms with E-state index in [0.29, 0.717) is 0 Å². The van der Waals surface area contributed by atoms with E-state index in [1.165, 1.54) is 21.5 Å². The van der Waals surface area contributed by atoms with Crippen LogP contribution < -0.4 is 0 Å². The maximum atomic E-state index is 12.2. The SMILES string of the molecule is Cc1ccc(C2=Cc3c(-c4ccc5ccccc5c4)cccc3[C]23[SiH](C)[C]2(C(c4ccc(C)o4)=Cc4c(-c5ccc6ccccc6c5)cccc42)[Zr]32([Cl])([Cl])[C]3(C(c4ccc(C)o4)=Cc4c(-c5ccc6ccccc6c5)cccc43)[SiH](C)[C]23C(c2ccc(C)o2)=Cc2c(-c4ccc5ccccc5c4)cccc23)o1. The van der Waals surface area contributed by atoms with Gasteiger partial charge in [-0.25, -0.2) is 0 Å². The van der Waals surface area contributed by atoms with Crippen molar-refractivity contribution in [3.8, 4) is 44.5 Å². The molecule has 2 aliphatic heterocycles. The number of benzene rings is 12. The Hall–Kier alpha value is -10.3. The van der Waals surface area contributed by atoms with Crippen LogP contribution in [0.3, 0.4) is 0 Å². The standard InChI is InChI=1S/2C49H36O2Si.2ClH.Zr/c2*1-30-18-24-46(50-30)44-28-42-38(36-22-20-32-10-4-6-12-34(32)26-36)14-8-16-40(42)48(44)52(3)49-41-17-9-15-39(37-23-21-33-11-5-7-13-35(33)27-37)43(41)29-45(49)47-25-19-31(2)51-47;;;/h2*4-29,52H,1-3H3;2*1H;/q;;;;+2/p-2. The van der Waals surface area contributed by atoms with Crippen LogP contribution in [-0.2, 0) is 25.9 Å². The molecule has 2 fully saturated rings. The Labute approximate surface area is 629 Å². The zero-order valence-electron chi connectivity index (χ0n) is 60.1. The van der Waals surface area contributed by atoms with Crippen LogP contribution in [0.1, 0.15) is 90.6 Å². The molecule has 107 heavy (non-hydrogen) atoms. The average Bonchev–Trinajstić information content (AvgIpc) is 1.50. The van der Waals surface area contributed by atoms with E-state index >= 15 is 0 Å². The van der Waals surface area contributed by atoms with Crippen molar-refractivity contribution in [1.82, 2.24) is 0 Å². The second-order valence-corrected chi connectivity index (χ2v) is 71.3. The molecule has 6 heterocycles. The summed E-state index contributed by atoms with van der Waals surface area (Å²) in [6, 6.07) is 109. The predicted octanol–water partition coefficient (Wildman–Crippen LogP) is 26.1. The average molecular weight is 1530 g/mol. The molecule has 4 aliphatic carbocycles. The van der Waals surface area contributed by atoms with E-state index in [1.807, 2.05) is 0 Å². The van der Waals surface area contributed by atoms with E-state index in [1.54, 1.807) is 0 Å². The monoisotopic (exact) mass is 1530 g/mol. The first kappa shape index (κ1) is 63.9. The van der Waals surface area contributed by atoms with Gasteiger partial charge >= 0.3 is 635 Å². The number of hydrogen-bond donors (Lipinski definition) is 0. The summed E-state index contributed by atoms with van der Waals surface area (Å²) in [7, 11) is 18.0. The predicted molar refractivity (Wildman–Crippen MR) is 447 cm³/mol. The summed E-state index contributed by atoms with van der Waals surface area (Å²) in [4.78, 5) is 0. The van der Waals surface area contributed by atoms with Gasteiger partial charge in [-0.1, -0.05) is 0 Å². The topological polar surface area (TPSA) is 52.6 Å². The van der Waals surface area contributed by atoms with Crippen LogP contribution in [0.5, 0.6) is 0 Å². The molecule has 22 rings (SSSR count). The molecule has 0 N–H and O–H groups in total. The molecule has 4 nitrogen and oxygen atoms in total. The number of halogens is 2. The fourth-order valence-corrected chi connectivity index (χ4v) is 144. The van der Waals surface area contributed by atoms with Gasteiger partial charge in [-0.15, -0.1) is 0 Å². The summed E-state index contributed by atoms with van der Waals surface area (Å²) in [5, 5.41) is 9.36. The molecule has 9 heteroatoms. The minimum absolute atomic E-state index is 0.769. The molecule has 0 saturated carbocycles. The fraction of sp³-hybridized carbons (Fsp3) is 0.102. The molecule has 2 saturated heterocycles. The van der Waals surface area contributed by atoms with Gasteiger partial charge in [0, 0.05) is 0 Å². The first-order valence-electron chi connectivity index (χ1n) is 37.5. The van der Waals surface area contributed by atoms with Crippen molar-refractivity contribution >= 4 is 124 Å². The van der Waals surface area contributed by atoms with E-state index in [4.69, 9.17) is 17.7 Å². The van der Waals surface area contributed by atoms with E-state index in [0.717, 1.165) is 179 Å². The number of hydrogen-bond acceptors (Lipinski definition) is 4. The summed E-state index contributed by atoms with van der Waals surface area (Å²) in [5.41, 5.74) is 22.0. The van der Waals surface area contributed by atoms with Crippen LogP contribution in [-0.4, -0.2) is 17.6 Å². The zero-order valence-corrected chi connectivity index (χ0v) is 66.3. The van der Waals surface area contributed by atoms with Crippen molar-refractivity contribution in [3.63, 3.8) is 0 Å². The number of fused-ring (bicyclic) bond motifs is 16. The van der Waals surface area contributed by atoms with Crippen LogP contribution in [0.15, 0.2) is 309 Å². The Kier molecular flexibility index (Phi) is 13.0. The summed E-state index contributed by atoms with van der Waals surface area (Å²) in [5.74, 6) is 6.28. The molecule has 4 aromatic heterocycles. The molecular formula is C98H72Cl2O4Si2Zr. The molecule has 5 spiro atoms. The van der Waals surface area contributed by atoms with Gasteiger partial charge in [0.1, 0.15) is 0 Å². The molecule has 12 aromatic carbocycles. The Morgan fingerprint density at radius 1 is 0.252 bits per heavy atom. The van der Waals surface area contributed by atoms with Gasteiger partial charge in [-0.05, 0) is 0 Å². The normalized spacial score (nSPS) is 23.3. The van der Waals surface area contributed by atoms with E-state index in [9.17, 15) is 17.0 Å². The third kappa shape index (κ3) is 7.19. The van der Waals surface area contributed by atoms with Crippen LogP contribution in [0.2, 0.25) is 13.1 Å². The van der Waals surface area contributed by atoms with Gasteiger partial charge in [0.05, 0.1) is 0 Å². The summed E-state index contributed by atoms with van der Waals surface area (Å²) < 4.78 is 25.4. The fourth-order valence-electron chi connectivity index (χ4n) is 24.3. The summed E-state index contributed by atoms with van der Waals surface area (Å²) in [6.45, 7) is 13.7. The number of aryl methyl sites for hydroxylation is 4. The van der Waals surface area contributed by atoms with Gasteiger partial charge in [0.25, 0.3) is 0 Å². The van der Waals surface area contributed by atoms with Crippen molar-refractivity contribution in [2.75, 3.05) is 0 Å². The third-order valence-electron chi connectivity index (χ3n) is 27.4. The Bertz CT molecular complexity index is 6010. The van der Waals surface area contributed by atoms with E-state index in [2.05, 4.69) is 356 Å². The van der Waals surface area contributed by atoms with E-state index < -0.39 is 43.5 Å². The molecule has 16 aromatic rings. The van der Waals surface area contributed by atoms with Gasteiger partial charge in [0.15, 0.2) is 0 Å². The summed E-state index contributed by atoms with van der Waals surface area (Å²) in [6.07, 6.45) is 10.2. The Morgan fingerprint density at radius 3 is 0.692 bits per heavy atom. The molecule has 6 aliphatic rings. The molecule has 0 bridgehead atoms. The molecule has 0 amide bonds. The molecule has 0 radical (unpaired) electrons. The van der Waals surface area contributed by atoms with Crippen molar-refractivity contribution in [1.29, 1.82) is 0 Å². The molecular weight excluding hydrogens is 1460 g/mol. The van der Waals surface area contributed by atoms with Crippen molar-refractivity contribution < 1.29 is 32.6 Å². The Morgan fingerprint density at radius 2 is 0.477 bits per heavy atom. The van der Waals surface area contributed by atoms with Crippen molar-refractivity contribution in [2.24, 2.45) is 0 Å². The van der Waals surface area contributed by atoms with Gasteiger partial charge in [-0.3, -0.25) is 0 Å². The van der Waals surface area contributed by atoms with Crippen LogP contribution in [0.4, 0.5) is 0 Å². The summed E-state index contributed by atoms with van der Waals surface area (Å²) >= 11 is -8.70. The van der Waals surface area contributed by atoms with Gasteiger partial charge in [-0.2, -0.15) is 0 Å². The van der Waals surface area contributed by atoms with Crippen molar-refractivity contribution in [2.45, 2.75) is 51.8 Å². The third-order valence-corrected chi connectivity index (χ3v) is 110. The molecule has 4 unspecified atom stereocenters. The minimum atomic E-state index is -8.70. The van der Waals surface area contributed by atoms with Crippen LogP contribution in [0, 0.1) is 27.7 Å². The first-order chi connectivity index (χ1) is 52.1. The Balaban J connectivity index is 1.01. The quantitative estimate of drug-likeness (QED) is 0.142. The van der Waals surface area contributed by atoms with E-state index in [-0.39, 0.29) is 0 Å². The van der Waals surface area contributed by atoms with Crippen LogP contribution >= 0.6 is 17.0 Å². The second-order valence-electron chi connectivity index (χ2n) is 31.4.